The molecule has 0 aromatic carbocycles. The Morgan fingerprint density at radius 1 is 1.56 bits per heavy atom. The molecule has 16 heavy (non-hydrogen) atoms. The third-order valence-corrected chi connectivity index (χ3v) is 3.05. The molecule has 0 aliphatic carbocycles. The Bertz CT molecular complexity index is 336. The molecule has 1 aromatic heterocycles. The first-order chi connectivity index (χ1) is 7.69. The molecule has 90 valence electrons. The van der Waals surface area contributed by atoms with Crippen LogP contribution in [0.15, 0.2) is 4.52 Å². The molecule has 1 fully saturated rings. The van der Waals surface area contributed by atoms with Gasteiger partial charge in [0.15, 0.2) is 5.82 Å². The van der Waals surface area contributed by atoms with Crippen LogP contribution >= 0.6 is 0 Å². The molecule has 0 amide bonds. The minimum Gasteiger partial charge on any atom is -0.339 e. The van der Waals surface area contributed by atoms with E-state index >= 15 is 0 Å². The molecular weight excluding hydrogens is 204 g/mol. The van der Waals surface area contributed by atoms with E-state index in [-0.39, 0.29) is 0 Å². The highest BCUT2D eigenvalue weighted by molar-refractivity contribution is 4.91. The molecule has 1 aliphatic rings. The first-order valence-corrected chi connectivity index (χ1v) is 5.94. The van der Waals surface area contributed by atoms with E-state index in [1.54, 1.807) is 0 Å². The number of hydrogen-bond acceptors (Lipinski definition) is 5. The highest BCUT2D eigenvalue weighted by Gasteiger charge is 2.22. The fourth-order valence-electron chi connectivity index (χ4n) is 2.02. The van der Waals surface area contributed by atoms with Gasteiger partial charge in [0.05, 0.1) is 6.54 Å². The average Bonchev–Trinajstić information content (AvgIpc) is 2.87. The summed E-state index contributed by atoms with van der Waals surface area (Å²) in [4.78, 5) is 6.71. The monoisotopic (exact) mass is 224 g/mol. The normalized spacial score (nSPS) is 22.1. The summed E-state index contributed by atoms with van der Waals surface area (Å²) in [6.45, 7) is 7.82. The number of aromatic nitrogens is 2. The third-order valence-electron chi connectivity index (χ3n) is 3.05. The van der Waals surface area contributed by atoms with Gasteiger partial charge in [-0.15, -0.1) is 0 Å². The number of nitrogens with zero attached hydrogens (tertiary/aromatic N) is 3. The summed E-state index contributed by atoms with van der Waals surface area (Å²) < 4.78 is 5.18. The zero-order valence-corrected chi connectivity index (χ0v) is 10.0. The molecular formula is C11H20N4O. The van der Waals surface area contributed by atoms with Gasteiger partial charge in [-0.2, -0.15) is 4.98 Å². The molecule has 0 bridgehead atoms. The fraction of sp³-hybridized carbons (Fsp3) is 0.818. The molecule has 0 saturated carbocycles. The van der Waals surface area contributed by atoms with Crippen molar-refractivity contribution in [2.45, 2.75) is 32.7 Å². The summed E-state index contributed by atoms with van der Waals surface area (Å²) in [5, 5.41) is 3.99. The number of hydrogen-bond donors (Lipinski definition) is 1. The van der Waals surface area contributed by atoms with Crippen LogP contribution in [-0.4, -0.2) is 34.7 Å². The highest BCUT2D eigenvalue weighted by Crippen LogP contribution is 2.17. The first-order valence-electron chi connectivity index (χ1n) is 5.94. The lowest BCUT2D eigenvalue weighted by atomic mass is 10.1. The van der Waals surface area contributed by atoms with Crippen LogP contribution in [0.25, 0.3) is 0 Å². The summed E-state index contributed by atoms with van der Waals surface area (Å²) >= 11 is 0. The van der Waals surface area contributed by atoms with Gasteiger partial charge in [-0.1, -0.05) is 19.0 Å². The summed E-state index contributed by atoms with van der Waals surface area (Å²) in [5.41, 5.74) is 5.66. The maximum Gasteiger partial charge on any atom is 0.229 e. The lowest BCUT2D eigenvalue weighted by Crippen LogP contribution is -2.23. The Balaban J connectivity index is 1.89. The summed E-state index contributed by atoms with van der Waals surface area (Å²) in [6, 6.07) is 0. The Kier molecular flexibility index (Phi) is 3.56. The Labute approximate surface area is 96.0 Å². The van der Waals surface area contributed by atoms with Gasteiger partial charge < -0.3 is 10.3 Å². The van der Waals surface area contributed by atoms with E-state index in [1.807, 2.05) is 0 Å². The number of rotatable bonds is 4. The van der Waals surface area contributed by atoms with Crippen LogP contribution in [0.1, 0.15) is 37.9 Å². The van der Waals surface area contributed by atoms with Crippen molar-refractivity contribution >= 4 is 0 Å². The van der Waals surface area contributed by atoms with Gasteiger partial charge in [-0.25, -0.2) is 0 Å². The summed E-state index contributed by atoms with van der Waals surface area (Å²) in [6.07, 6.45) is 1.19. The predicted octanol–water partition coefficient (Wildman–Crippen LogP) is 0.974. The standard InChI is InChI=1S/C11H20N4O/c1-8(2)11-13-10(14-16-11)7-15-4-3-9(5-12)6-15/h8-9H,3-7,12H2,1-2H3. The van der Waals surface area contributed by atoms with Crippen LogP contribution in [0.3, 0.4) is 0 Å². The maximum atomic E-state index is 5.66. The molecule has 1 saturated heterocycles. The van der Waals surface area contributed by atoms with E-state index in [2.05, 4.69) is 28.9 Å². The Morgan fingerprint density at radius 2 is 2.38 bits per heavy atom. The third kappa shape index (κ3) is 2.59. The van der Waals surface area contributed by atoms with Crippen LogP contribution in [0.5, 0.6) is 0 Å². The molecule has 5 heteroatoms. The Morgan fingerprint density at radius 3 is 2.94 bits per heavy atom. The molecule has 2 N–H and O–H groups in total. The van der Waals surface area contributed by atoms with Crippen molar-refractivity contribution < 1.29 is 4.52 Å². The zero-order chi connectivity index (χ0) is 11.5. The topological polar surface area (TPSA) is 68.2 Å². The van der Waals surface area contributed by atoms with Gasteiger partial charge in [0.25, 0.3) is 0 Å². The second-order valence-electron chi connectivity index (χ2n) is 4.83. The van der Waals surface area contributed by atoms with Crippen molar-refractivity contribution in [3.05, 3.63) is 11.7 Å². The van der Waals surface area contributed by atoms with Crippen LogP contribution in [-0.2, 0) is 6.54 Å². The van der Waals surface area contributed by atoms with Crippen molar-refractivity contribution in [2.24, 2.45) is 11.7 Å². The lowest BCUT2D eigenvalue weighted by Gasteiger charge is -2.12. The van der Waals surface area contributed by atoms with Crippen molar-refractivity contribution in [3.63, 3.8) is 0 Å². The van der Waals surface area contributed by atoms with Gasteiger partial charge in [0.1, 0.15) is 0 Å². The van der Waals surface area contributed by atoms with E-state index in [1.165, 1.54) is 6.42 Å². The van der Waals surface area contributed by atoms with Gasteiger partial charge >= 0.3 is 0 Å². The molecule has 5 nitrogen and oxygen atoms in total. The van der Waals surface area contributed by atoms with Crippen LogP contribution in [0.2, 0.25) is 0 Å². The number of nitrogens with two attached hydrogens (primary N) is 1. The first kappa shape index (κ1) is 11.5. The van der Waals surface area contributed by atoms with E-state index in [0.717, 1.165) is 37.9 Å². The smallest absolute Gasteiger partial charge is 0.229 e. The van der Waals surface area contributed by atoms with Gasteiger partial charge in [0.2, 0.25) is 5.89 Å². The fourth-order valence-corrected chi connectivity index (χ4v) is 2.02. The second kappa shape index (κ2) is 4.93. The van der Waals surface area contributed by atoms with Crippen LogP contribution < -0.4 is 5.73 Å². The van der Waals surface area contributed by atoms with E-state index in [4.69, 9.17) is 10.3 Å². The van der Waals surface area contributed by atoms with Crippen molar-refractivity contribution in [1.29, 1.82) is 0 Å². The average molecular weight is 224 g/mol. The van der Waals surface area contributed by atoms with Crippen molar-refractivity contribution in [3.8, 4) is 0 Å². The van der Waals surface area contributed by atoms with Gasteiger partial charge in [0, 0.05) is 12.5 Å². The van der Waals surface area contributed by atoms with Crippen molar-refractivity contribution in [1.82, 2.24) is 15.0 Å². The zero-order valence-electron chi connectivity index (χ0n) is 10.0. The summed E-state index contributed by atoms with van der Waals surface area (Å²) in [7, 11) is 0. The largest absolute Gasteiger partial charge is 0.339 e. The van der Waals surface area contributed by atoms with Crippen LogP contribution in [0.4, 0.5) is 0 Å². The van der Waals surface area contributed by atoms with E-state index < -0.39 is 0 Å². The molecule has 2 rings (SSSR count). The predicted molar refractivity (Wildman–Crippen MR) is 60.8 cm³/mol. The molecule has 1 unspecified atom stereocenters. The van der Waals surface area contributed by atoms with Gasteiger partial charge in [-0.05, 0) is 25.4 Å². The second-order valence-corrected chi connectivity index (χ2v) is 4.83. The van der Waals surface area contributed by atoms with Crippen LogP contribution in [0, 0.1) is 5.92 Å². The minimum atomic E-state index is 0.302. The maximum absolute atomic E-state index is 5.66. The quantitative estimate of drug-likeness (QED) is 0.825. The SMILES string of the molecule is CC(C)c1nc(CN2CCC(CN)C2)no1. The van der Waals surface area contributed by atoms with E-state index in [0.29, 0.717) is 11.8 Å². The summed E-state index contributed by atoms with van der Waals surface area (Å²) in [5.74, 6) is 2.46. The molecule has 1 aliphatic heterocycles. The minimum absolute atomic E-state index is 0.302. The Hall–Kier alpha value is -0.940. The molecule has 1 atom stereocenters. The van der Waals surface area contributed by atoms with Gasteiger partial charge in [-0.3, -0.25) is 4.90 Å². The van der Waals surface area contributed by atoms with E-state index in [9.17, 15) is 0 Å². The molecule has 2 heterocycles. The molecule has 0 spiro atoms. The highest BCUT2D eigenvalue weighted by atomic mass is 16.5. The number of likely N-dealkylation sites (tertiary alicyclic amines) is 1. The van der Waals surface area contributed by atoms with Crippen molar-refractivity contribution in [2.75, 3.05) is 19.6 Å². The lowest BCUT2D eigenvalue weighted by molar-refractivity contribution is 0.298. The molecule has 0 radical (unpaired) electrons. The molecule has 1 aromatic rings.